The number of benzene rings is 1. The zero-order valence-corrected chi connectivity index (χ0v) is 13.9. The van der Waals surface area contributed by atoms with Crippen molar-refractivity contribution in [1.29, 1.82) is 0 Å². The molecule has 3 amide bonds. The van der Waals surface area contributed by atoms with Crippen LogP contribution in [0.25, 0.3) is 0 Å². The van der Waals surface area contributed by atoms with E-state index < -0.39 is 6.03 Å². The van der Waals surface area contributed by atoms with Gasteiger partial charge in [0.05, 0.1) is 13.2 Å². The highest BCUT2D eigenvalue weighted by atomic mass is 32.1. The maximum absolute atomic E-state index is 12.7. The standard InChI is InChI=1S/C17H19N3O3S/c18-17(22)19-10-12-3-5-13(6-4-12)16(21)20-7-8-23-14(11-20)15-2-1-9-24-15/h1-6,9,14H,7-8,10-11H2,(H3,18,19,22). The number of hydrogen-bond acceptors (Lipinski definition) is 4. The molecule has 2 heterocycles. The largest absolute Gasteiger partial charge is 0.369 e. The lowest BCUT2D eigenvalue weighted by Gasteiger charge is -2.32. The Kier molecular flexibility index (Phi) is 5.12. The Morgan fingerprint density at radius 1 is 1.29 bits per heavy atom. The van der Waals surface area contributed by atoms with E-state index in [1.54, 1.807) is 23.5 Å². The first-order chi connectivity index (χ1) is 11.6. The van der Waals surface area contributed by atoms with E-state index in [1.807, 2.05) is 34.5 Å². The predicted molar refractivity (Wildman–Crippen MR) is 91.8 cm³/mol. The van der Waals surface area contributed by atoms with Gasteiger partial charge in [0.25, 0.3) is 5.91 Å². The summed E-state index contributed by atoms with van der Waals surface area (Å²) < 4.78 is 5.78. The Morgan fingerprint density at radius 2 is 2.08 bits per heavy atom. The molecule has 1 unspecified atom stereocenters. The predicted octanol–water partition coefficient (Wildman–Crippen LogP) is 2.13. The van der Waals surface area contributed by atoms with E-state index in [2.05, 4.69) is 5.32 Å². The van der Waals surface area contributed by atoms with Crippen LogP contribution in [0.5, 0.6) is 0 Å². The summed E-state index contributed by atoms with van der Waals surface area (Å²) in [5.41, 5.74) is 6.57. The third kappa shape index (κ3) is 3.93. The Balaban J connectivity index is 1.64. The lowest BCUT2D eigenvalue weighted by molar-refractivity contribution is -0.0211. The van der Waals surface area contributed by atoms with Crippen LogP contribution in [0.3, 0.4) is 0 Å². The normalized spacial score (nSPS) is 17.5. The average Bonchev–Trinajstić information content (AvgIpc) is 3.14. The third-order valence-electron chi connectivity index (χ3n) is 3.88. The number of rotatable bonds is 4. The molecule has 0 saturated carbocycles. The molecular formula is C17H19N3O3S. The second kappa shape index (κ2) is 7.46. The minimum Gasteiger partial charge on any atom is -0.369 e. The molecule has 1 aromatic heterocycles. The highest BCUT2D eigenvalue weighted by molar-refractivity contribution is 7.10. The first-order valence-corrected chi connectivity index (χ1v) is 8.58. The number of primary amides is 1. The second-order valence-corrected chi connectivity index (χ2v) is 6.52. The summed E-state index contributed by atoms with van der Waals surface area (Å²) in [4.78, 5) is 26.4. The molecular weight excluding hydrogens is 326 g/mol. The van der Waals surface area contributed by atoms with Gasteiger partial charge in [0.15, 0.2) is 0 Å². The van der Waals surface area contributed by atoms with Gasteiger partial charge >= 0.3 is 6.03 Å². The molecule has 126 valence electrons. The van der Waals surface area contributed by atoms with Crippen molar-refractivity contribution in [2.45, 2.75) is 12.6 Å². The van der Waals surface area contributed by atoms with Gasteiger partial charge in [-0.05, 0) is 29.1 Å². The number of nitrogens with two attached hydrogens (primary N) is 1. The molecule has 1 aliphatic heterocycles. The Hall–Kier alpha value is -2.38. The minimum atomic E-state index is -0.567. The molecule has 1 fully saturated rings. The summed E-state index contributed by atoms with van der Waals surface area (Å²) >= 11 is 1.64. The SMILES string of the molecule is NC(=O)NCc1ccc(C(=O)N2CCOC(c3cccs3)C2)cc1. The molecule has 24 heavy (non-hydrogen) atoms. The van der Waals surface area contributed by atoms with Crippen molar-refractivity contribution in [1.82, 2.24) is 10.2 Å². The number of ether oxygens (including phenoxy) is 1. The van der Waals surface area contributed by atoms with Crippen LogP contribution in [0.4, 0.5) is 4.79 Å². The van der Waals surface area contributed by atoms with Gasteiger partial charge < -0.3 is 20.7 Å². The molecule has 3 rings (SSSR count). The molecule has 3 N–H and O–H groups in total. The molecule has 1 atom stereocenters. The van der Waals surface area contributed by atoms with Gasteiger partial charge in [-0.1, -0.05) is 18.2 Å². The summed E-state index contributed by atoms with van der Waals surface area (Å²) in [5.74, 6) is -0.00531. The summed E-state index contributed by atoms with van der Waals surface area (Å²) in [7, 11) is 0. The van der Waals surface area contributed by atoms with E-state index in [-0.39, 0.29) is 12.0 Å². The van der Waals surface area contributed by atoms with Gasteiger partial charge in [-0.2, -0.15) is 0 Å². The number of amides is 3. The van der Waals surface area contributed by atoms with Crippen LogP contribution in [0.15, 0.2) is 41.8 Å². The Bertz CT molecular complexity index is 700. The molecule has 0 bridgehead atoms. The summed E-state index contributed by atoms with van der Waals surface area (Å²) in [6.45, 7) is 2.03. The van der Waals surface area contributed by atoms with Crippen LogP contribution >= 0.6 is 11.3 Å². The average molecular weight is 345 g/mol. The van der Waals surface area contributed by atoms with Crippen molar-refractivity contribution in [3.05, 3.63) is 57.8 Å². The maximum Gasteiger partial charge on any atom is 0.312 e. The Morgan fingerprint density at radius 3 is 2.75 bits per heavy atom. The monoisotopic (exact) mass is 345 g/mol. The summed E-state index contributed by atoms with van der Waals surface area (Å²) in [5, 5.41) is 4.54. The van der Waals surface area contributed by atoms with E-state index in [9.17, 15) is 9.59 Å². The fraction of sp³-hybridized carbons (Fsp3) is 0.294. The molecule has 0 radical (unpaired) electrons. The number of carbonyl (C=O) groups excluding carboxylic acids is 2. The van der Waals surface area contributed by atoms with Gasteiger partial charge in [0, 0.05) is 23.5 Å². The van der Waals surface area contributed by atoms with E-state index in [1.165, 1.54) is 0 Å². The van der Waals surface area contributed by atoms with Crippen molar-refractivity contribution in [2.75, 3.05) is 19.7 Å². The first kappa shape index (κ1) is 16.5. The quantitative estimate of drug-likeness (QED) is 0.890. The topological polar surface area (TPSA) is 84.7 Å². The third-order valence-corrected chi connectivity index (χ3v) is 4.85. The van der Waals surface area contributed by atoms with Crippen LogP contribution in [0, 0.1) is 0 Å². The number of morpholine rings is 1. The van der Waals surface area contributed by atoms with E-state index in [0.29, 0.717) is 31.8 Å². The van der Waals surface area contributed by atoms with Gasteiger partial charge in [-0.15, -0.1) is 11.3 Å². The van der Waals surface area contributed by atoms with Crippen LogP contribution < -0.4 is 11.1 Å². The van der Waals surface area contributed by atoms with Gasteiger partial charge in [0.1, 0.15) is 6.10 Å². The first-order valence-electron chi connectivity index (χ1n) is 7.70. The van der Waals surface area contributed by atoms with Crippen molar-refractivity contribution in [3.63, 3.8) is 0 Å². The minimum absolute atomic E-state index is 0.00531. The van der Waals surface area contributed by atoms with Crippen molar-refractivity contribution < 1.29 is 14.3 Å². The fourth-order valence-corrected chi connectivity index (χ4v) is 3.38. The maximum atomic E-state index is 12.7. The van der Waals surface area contributed by atoms with Crippen LogP contribution in [-0.2, 0) is 11.3 Å². The number of thiophene rings is 1. The van der Waals surface area contributed by atoms with Crippen molar-refractivity contribution >= 4 is 23.3 Å². The molecule has 0 aliphatic carbocycles. The molecule has 2 aromatic rings. The highest BCUT2D eigenvalue weighted by Gasteiger charge is 2.26. The summed E-state index contributed by atoms with van der Waals surface area (Å²) in [6.07, 6.45) is -0.0539. The molecule has 6 nitrogen and oxygen atoms in total. The fourth-order valence-electron chi connectivity index (χ4n) is 2.62. The zero-order chi connectivity index (χ0) is 16.9. The molecule has 1 aliphatic rings. The van der Waals surface area contributed by atoms with E-state index >= 15 is 0 Å². The van der Waals surface area contributed by atoms with Crippen LogP contribution in [0.1, 0.15) is 26.9 Å². The molecule has 0 spiro atoms. The number of nitrogens with one attached hydrogen (secondary N) is 1. The van der Waals surface area contributed by atoms with Crippen LogP contribution in [0.2, 0.25) is 0 Å². The van der Waals surface area contributed by atoms with Crippen molar-refractivity contribution in [2.24, 2.45) is 5.73 Å². The second-order valence-electron chi connectivity index (χ2n) is 5.54. The lowest BCUT2D eigenvalue weighted by Crippen LogP contribution is -2.42. The zero-order valence-electron chi connectivity index (χ0n) is 13.1. The van der Waals surface area contributed by atoms with Gasteiger partial charge in [-0.3, -0.25) is 4.79 Å². The molecule has 7 heteroatoms. The van der Waals surface area contributed by atoms with Gasteiger partial charge in [-0.25, -0.2) is 4.79 Å². The number of carbonyl (C=O) groups is 2. The Labute approximate surface area is 144 Å². The highest BCUT2D eigenvalue weighted by Crippen LogP contribution is 2.26. The molecule has 1 saturated heterocycles. The van der Waals surface area contributed by atoms with E-state index in [4.69, 9.17) is 10.5 Å². The number of hydrogen-bond donors (Lipinski definition) is 2. The van der Waals surface area contributed by atoms with E-state index in [0.717, 1.165) is 10.4 Å². The van der Waals surface area contributed by atoms with Gasteiger partial charge in [0.2, 0.25) is 0 Å². The smallest absolute Gasteiger partial charge is 0.312 e. The van der Waals surface area contributed by atoms with Crippen molar-refractivity contribution in [3.8, 4) is 0 Å². The summed E-state index contributed by atoms with van der Waals surface area (Å²) in [6, 6.07) is 10.6. The number of urea groups is 1. The number of nitrogens with zero attached hydrogens (tertiary/aromatic N) is 1. The lowest BCUT2D eigenvalue weighted by atomic mass is 10.1. The molecule has 1 aromatic carbocycles. The van der Waals surface area contributed by atoms with Crippen LogP contribution in [-0.4, -0.2) is 36.5 Å².